The van der Waals surface area contributed by atoms with Crippen molar-refractivity contribution in [2.24, 2.45) is 0 Å². The van der Waals surface area contributed by atoms with Gasteiger partial charge in [0, 0.05) is 27.8 Å². The number of nitrogens with zero attached hydrogens (tertiary/aromatic N) is 2. The van der Waals surface area contributed by atoms with Crippen LogP contribution in [0.15, 0.2) is 53.0 Å². The number of benzene rings is 2. The lowest BCUT2D eigenvalue weighted by Crippen LogP contribution is -2.21. The number of hydrogen-bond acceptors (Lipinski definition) is 6. The first-order valence-corrected chi connectivity index (χ1v) is 10.1. The van der Waals surface area contributed by atoms with Crippen molar-refractivity contribution in [1.82, 2.24) is 9.97 Å². The minimum atomic E-state index is -4.79. The molecule has 1 aromatic heterocycles. The smallest absolute Gasteiger partial charge is 0.406 e. The summed E-state index contributed by atoms with van der Waals surface area (Å²) in [4.78, 5) is 8.79. The third-order valence-corrected chi connectivity index (χ3v) is 5.06. The molecule has 0 bridgehead atoms. The molecule has 10 heteroatoms. The summed E-state index contributed by atoms with van der Waals surface area (Å²) in [5, 5.41) is 15.5. The van der Waals surface area contributed by atoms with Crippen LogP contribution >= 0.6 is 15.9 Å². The van der Waals surface area contributed by atoms with E-state index in [1.165, 1.54) is 18.2 Å². The lowest BCUT2D eigenvalue weighted by atomic mass is 10.1. The summed E-state index contributed by atoms with van der Waals surface area (Å²) < 4.78 is 42.8. The largest absolute Gasteiger partial charge is 0.573 e. The molecule has 2 aromatic carbocycles. The average molecular weight is 497 g/mol. The summed E-state index contributed by atoms with van der Waals surface area (Å²) in [6.45, 7) is 3.55. The van der Waals surface area contributed by atoms with Crippen LogP contribution in [-0.2, 0) is 0 Å². The molecule has 0 aliphatic rings. The Labute approximate surface area is 185 Å². The third-order valence-electron chi connectivity index (χ3n) is 4.17. The minimum absolute atomic E-state index is 0.142. The summed E-state index contributed by atoms with van der Waals surface area (Å²) in [7, 11) is 0. The van der Waals surface area contributed by atoms with Crippen LogP contribution < -0.4 is 15.4 Å². The van der Waals surface area contributed by atoms with Gasteiger partial charge in [0.2, 0.25) is 5.95 Å². The zero-order valence-corrected chi connectivity index (χ0v) is 18.3. The first kappa shape index (κ1) is 22.8. The molecule has 1 heterocycles. The van der Waals surface area contributed by atoms with Gasteiger partial charge >= 0.3 is 6.36 Å². The molecule has 0 aliphatic heterocycles. The Kier molecular flexibility index (Phi) is 7.01. The van der Waals surface area contributed by atoms with E-state index in [1.54, 1.807) is 19.1 Å². The number of aryl methyl sites for hydroxylation is 1. The molecule has 0 unspecified atom stereocenters. The minimum Gasteiger partial charge on any atom is -0.406 e. The van der Waals surface area contributed by atoms with E-state index in [-0.39, 0.29) is 24.3 Å². The van der Waals surface area contributed by atoms with Gasteiger partial charge in [-0.25, -0.2) is 4.98 Å². The Bertz CT molecular complexity index is 1060. The van der Waals surface area contributed by atoms with E-state index in [0.717, 1.165) is 15.7 Å². The van der Waals surface area contributed by atoms with E-state index in [4.69, 9.17) is 0 Å². The zero-order valence-electron chi connectivity index (χ0n) is 16.7. The number of aliphatic hydroxyl groups excluding tert-OH is 1. The lowest BCUT2D eigenvalue weighted by Gasteiger charge is -2.15. The molecule has 31 heavy (non-hydrogen) atoms. The van der Waals surface area contributed by atoms with Crippen LogP contribution in [0.5, 0.6) is 5.75 Å². The number of halogens is 4. The molecule has 3 N–H and O–H groups in total. The molecular formula is C21H20BrF3N4O2. The monoisotopic (exact) mass is 496 g/mol. The van der Waals surface area contributed by atoms with Gasteiger partial charge in [-0.15, -0.1) is 13.2 Å². The summed E-state index contributed by atoms with van der Waals surface area (Å²) in [5.41, 5.74) is 2.59. The van der Waals surface area contributed by atoms with E-state index in [2.05, 4.69) is 41.3 Å². The summed E-state index contributed by atoms with van der Waals surface area (Å²) in [6.07, 6.45) is -4.79. The highest BCUT2D eigenvalue weighted by Gasteiger charge is 2.31. The van der Waals surface area contributed by atoms with Crippen molar-refractivity contribution in [2.75, 3.05) is 17.2 Å². The van der Waals surface area contributed by atoms with Crippen molar-refractivity contribution in [3.8, 4) is 17.0 Å². The highest BCUT2D eigenvalue weighted by Crippen LogP contribution is 2.30. The van der Waals surface area contributed by atoms with Gasteiger partial charge in [-0.3, -0.25) is 0 Å². The maximum Gasteiger partial charge on any atom is 0.573 e. The maximum atomic E-state index is 12.6. The number of hydrogen-bond donors (Lipinski definition) is 3. The first-order chi connectivity index (χ1) is 14.6. The second-order valence-electron chi connectivity index (χ2n) is 6.85. The molecule has 1 atom stereocenters. The quantitative estimate of drug-likeness (QED) is 0.392. The van der Waals surface area contributed by atoms with Gasteiger partial charge in [-0.1, -0.05) is 28.1 Å². The summed E-state index contributed by atoms with van der Waals surface area (Å²) in [5.74, 6) is 0.305. The number of nitrogens with one attached hydrogen (secondary N) is 2. The van der Waals surface area contributed by atoms with Gasteiger partial charge in [0.1, 0.15) is 11.6 Å². The number of rotatable bonds is 7. The topological polar surface area (TPSA) is 79.3 Å². The zero-order chi connectivity index (χ0) is 22.6. The Morgan fingerprint density at radius 2 is 1.90 bits per heavy atom. The van der Waals surface area contributed by atoms with Gasteiger partial charge in [-0.05, 0) is 49.7 Å². The van der Waals surface area contributed by atoms with Crippen LogP contribution in [0.25, 0.3) is 11.3 Å². The maximum absolute atomic E-state index is 12.6. The fourth-order valence-corrected chi connectivity index (χ4v) is 2.96. The van der Waals surface area contributed by atoms with Crippen molar-refractivity contribution >= 4 is 33.4 Å². The van der Waals surface area contributed by atoms with Crippen molar-refractivity contribution < 1.29 is 23.0 Å². The van der Waals surface area contributed by atoms with Gasteiger partial charge in [0.15, 0.2) is 0 Å². The van der Waals surface area contributed by atoms with Crippen LogP contribution in [0.4, 0.5) is 30.6 Å². The standard InChI is InChI=1S/C21H20BrF3N4O2/c1-12-8-15(6-7-17(12)22)27-19-10-18(28-20(29-19)26-13(2)11-30)14-4-3-5-16(9-14)31-21(23,24)25/h3-10,13,30H,11H2,1-2H3,(H2,26,27,28,29)/t13-/m0/s1. The van der Waals surface area contributed by atoms with E-state index in [1.807, 2.05) is 25.1 Å². The first-order valence-electron chi connectivity index (χ1n) is 9.29. The van der Waals surface area contributed by atoms with Gasteiger partial charge in [0.25, 0.3) is 0 Å². The number of anilines is 3. The number of alkyl halides is 3. The van der Waals surface area contributed by atoms with Gasteiger partial charge in [0.05, 0.1) is 12.3 Å². The van der Waals surface area contributed by atoms with Crippen LogP contribution in [0.1, 0.15) is 12.5 Å². The van der Waals surface area contributed by atoms with Crippen LogP contribution in [-0.4, -0.2) is 34.1 Å². The molecule has 164 valence electrons. The predicted molar refractivity (Wildman–Crippen MR) is 116 cm³/mol. The molecule has 3 rings (SSSR count). The Morgan fingerprint density at radius 1 is 1.13 bits per heavy atom. The number of aliphatic hydroxyl groups is 1. The number of aromatic nitrogens is 2. The van der Waals surface area contributed by atoms with Crippen LogP contribution in [0, 0.1) is 6.92 Å². The second kappa shape index (κ2) is 9.52. The molecule has 0 radical (unpaired) electrons. The van der Waals surface area contributed by atoms with E-state index >= 15 is 0 Å². The molecule has 0 fully saturated rings. The Hall–Kier alpha value is -2.85. The fraction of sp³-hybridized carbons (Fsp3) is 0.238. The molecule has 0 spiro atoms. The molecule has 0 saturated heterocycles. The van der Waals surface area contributed by atoms with Crippen molar-refractivity contribution in [3.63, 3.8) is 0 Å². The third kappa shape index (κ3) is 6.56. The van der Waals surface area contributed by atoms with Crippen molar-refractivity contribution in [3.05, 3.63) is 58.6 Å². The molecular weight excluding hydrogens is 477 g/mol. The SMILES string of the molecule is Cc1cc(Nc2cc(-c3cccc(OC(F)(F)F)c3)nc(N[C@@H](C)CO)n2)ccc1Br. The highest BCUT2D eigenvalue weighted by atomic mass is 79.9. The van der Waals surface area contributed by atoms with Crippen molar-refractivity contribution in [1.29, 1.82) is 0 Å². The fourth-order valence-electron chi connectivity index (χ4n) is 2.71. The molecule has 0 amide bonds. The average Bonchev–Trinajstić information content (AvgIpc) is 2.69. The van der Waals surface area contributed by atoms with Gasteiger partial charge in [-0.2, -0.15) is 4.98 Å². The summed E-state index contributed by atoms with van der Waals surface area (Å²) >= 11 is 3.45. The molecule has 6 nitrogen and oxygen atoms in total. The normalized spacial score (nSPS) is 12.4. The van der Waals surface area contributed by atoms with Gasteiger partial charge < -0.3 is 20.5 Å². The van der Waals surface area contributed by atoms with Crippen LogP contribution in [0.2, 0.25) is 0 Å². The summed E-state index contributed by atoms with van der Waals surface area (Å²) in [6, 6.07) is 12.5. The molecule has 0 saturated carbocycles. The number of ether oxygens (including phenoxy) is 1. The van der Waals surface area contributed by atoms with Crippen molar-refractivity contribution in [2.45, 2.75) is 26.3 Å². The van der Waals surface area contributed by atoms with Crippen LogP contribution in [0.3, 0.4) is 0 Å². The highest BCUT2D eigenvalue weighted by molar-refractivity contribution is 9.10. The lowest BCUT2D eigenvalue weighted by molar-refractivity contribution is -0.274. The molecule has 3 aromatic rings. The van der Waals surface area contributed by atoms with E-state index in [0.29, 0.717) is 17.1 Å². The Balaban J connectivity index is 1.99. The van der Waals surface area contributed by atoms with E-state index in [9.17, 15) is 18.3 Å². The predicted octanol–water partition coefficient (Wildman–Crippen LogP) is 5.65. The molecule has 0 aliphatic carbocycles. The van der Waals surface area contributed by atoms with E-state index < -0.39 is 6.36 Å². The Morgan fingerprint density at radius 3 is 2.58 bits per heavy atom. The second-order valence-corrected chi connectivity index (χ2v) is 7.71.